The second-order valence-corrected chi connectivity index (χ2v) is 8.08. The van der Waals surface area contributed by atoms with Gasteiger partial charge in [-0.3, -0.25) is 5.32 Å². The van der Waals surface area contributed by atoms with Gasteiger partial charge in [0.25, 0.3) is 5.89 Å². The van der Waals surface area contributed by atoms with E-state index in [0.29, 0.717) is 10.6 Å². The molecule has 2 heterocycles. The van der Waals surface area contributed by atoms with E-state index >= 15 is 0 Å². The minimum absolute atomic E-state index is 0.112. The number of amides is 2. The summed E-state index contributed by atoms with van der Waals surface area (Å²) in [5.74, 6) is -2.14. The minimum Gasteiger partial charge on any atom is -0.439 e. The lowest BCUT2D eigenvalue weighted by Crippen LogP contribution is -2.20. The number of carbonyl (C=O) groups is 1. The van der Waals surface area contributed by atoms with Gasteiger partial charge < -0.3 is 9.73 Å². The lowest BCUT2D eigenvalue weighted by molar-refractivity contribution is 0.262. The minimum atomic E-state index is -0.912. The summed E-state index contributed by atoms with van der Waals surface area (Å²) in [7, 11) is 0. The van der Waals surface area contributed by atoms with Crippen LogP contribution in [0.5, 0.6) is 0 Å². The average molecular weight is 422 g/mol. The number of para-hydroxylation sites is 1. The van der Waals surface area contributed by atoms with Crippen molar-refractivity contribution in [3.63, 3.8) is 0 Å². The van der Waals surface area contributed by atoms with Crippen molar-refractivity contribution >= 4 is 40.1 Å². The molecule has 3 aromatic rings. The Morgan fingerprint density at radius 3 is 2.45 bits per heavy atom. The van der Waals surface area contributed by atoms with Crippen LogP contribution >= 0.6 is 11.3 Å². The van der Waals surface area contributed by atoms with E-state index in [0.717, 1.165) is 29.5 Å². The van der Waals surface area contributed by atoms with Gasteiger partial charge in [-0.1, -0.05) is 38.2 Å². The monoisotopic (exact) mass is 422 g/mol. The summed E-state index contributed by atoms with van der Waals surface area (Å²) in [6.07, 6.45) is 3.96. The Kier molecular flexibility index (Phi) is 5.73. The van der Waals surface area contributed by atoms with Gasteiger partial charge in [0.05, 0.1) is 11.1 Å². The van der Waals surface area contributed by atoms with E-state index in [1.165, 1.54) is 18.5 Å². The van der Waals surface area contributed by atoms with E-state index in [1.54, 1.807) is 0 Å². The molecular formula is C19H17F3N4O2S. The smallest absolute Gasteiger partial charge is 0.325 e. The van der Waals surface area contributed by atoms with Crippen LogP contribution < -0.4 is 10.6 Å². The Morgan fingerprint density at radius 1 is 1.14 bits per heavy atom. The van der Waals surface area contributed by atoms with E-state index in [2.05, 4.69) is 20.6 Å². The zero-order valence-electron chi connectivity index (χ0n) is 15.7. The number of aromatic nitrogens is 2. The van der Waals surface area contributed by atoms with Gasteiger partial charge in [-0.15, -0.1) is 0 Å². The fourth-order valence-electron chi connectivity index (χ4n) is 2.19. The van der Waals surface area contributed by atoms with Crippen LogP contribution in [0.25, 0.3) is 11.9 Å². The first-order valence-electron chi connectivity index (χ1n) is 8.45. The van der Waals surface area contributed by atoms with Gasteiger partial charge in [-0.2, -0.15) is 0 Å². The van der Waals surface area contributed by atoms with Gasteiger partial charge in [-0.05, 0) is 18.2 Å². The Morgan fingerprint density at radius 2 is 1.83 bits per heavy atom. The van der Waals surface area contributed by atoms with E-state index in [4.69, 9.17) is 4.42 Å². The highest BCUT2D eigenvalue weighted by molar-refractivity contribution is 7.16. The number of carbonyl (C=O) groups excluding carboxylic acids is 1. The predicted octanol–water partition coefficient (Wildman–Crippen LogP) is 5.82. The highest BCUT2D eigenvalue weighted by Crippen LogP contribution is 2.28. The number of halogens is 3. The number of urea groups is 1. The number of nitrogens with zero attached hydrogens (tertiary/aromatic N) is 2. The normalized spacial score (nSPS) is 12.1. The molecule has 2 amide bonds. The molecule has 0 saturated carbocycles. The third-order valence-electron chi connectivity index (χ3n) is 3.66. The lowest BCUT2D eigenvalue weighted by Gasteiger charge is -2.12. The van der Waals surface area contributed by atoms with Crippen molar-refractivity contribution in [2.24, 2.45) is 0 Å². The van der Waals surface area contributed by atoms with Crippen molar-refractivity contribution in [1.82, 2.24) is 9.97 Å². The molecule has 6 nitrogen and oxygen atoms in total. The Hall–Kier alpha value is -3.14. The van der Waals surface area contributed by atoms with Crippen LogP contribution in [0.15, 0.2) is 35.0 Å². The van der Waals surface area contributed by atoms with Crippen molar-refractivity contribution in [1.29, 1.82) is 0 Å². The highest BCUT2D eigenvalue weighted by atomic mass is 32.1. The van der Waals surface area contributed by atoms with Crippen LogP contribution in [0.1, 0.15) is 37.3 Å². The average Bonchev–Trinajstić information content (AvgIpc) is 3.28. The molecule has 152 valence electrons. The molecule has 0 saturated heterocycles. The van der Waals surface area contributed by atoms with Crippen LogP contribution in [0.3, 0.4) is 0 Å². The molecule has 0 aliphatic rings. The topological polar surface area (TPSA) is 80.0 Å². The Bertz CT molecular complexity index is 1050. The van der Waals surface area contributed by atoms with Gasteiger partial charge >= 0.3 is 6.03 Å². The molecule has 0 aliphatic heterocycles. The van der Waals surface area contributed by atoms with E-state index in [9.17, 15) is 18.0 Å². The molecule has 0 bridgehead atoms. The second-order valence-electron chi connectivity index (χ2n) is 7.02. The standard InChI is InChI=1S/C19H17F3N4O2S/c1-19(2,3)14-9-23-16(28-14)13(22)7-10-8-24-18(29-10)26-17(27)25-15-11(20)5-4-6-12(15)21/h4-9H,1-3H3,(H2,24,25,26,27)/b13-7+. The van der Waals surface area contributed by atoms with Gasteiger partial charge in [0.2, 0.25) is 0 Å². The van der Waals surface area contributed by atoms with Crippen LogP contribution in [-0.4, -0.2) is 16.0 Å². The molecule has 1 aromatic carbocycles. The summed E-state index contributed by atoms with van der Waals surface area (Å²) < 4.78 is 46.9. The first kappa shape index (κ1) is 20.6. The molecule has 0 fully saturated rings. The van der Waals surface area contributed by atoms with Crippen molar-refractivity contribution in [3.8, 4) is 0 Å². The predicted molar refractivity (Wildman–Crippen MR) is 105 cm³/mol. The summed E-state index contributed by atoms with van der Waals surface area (Å²) >= 11 is 0.959. The fraction of sp³-hybridized carbons (Fsp3) is 0.211. The number of oxazole rings is 1. The number of anilines is 2. The molecule has 29 heavy (non-hydrogen) atoms. The fourth-order valence-corrected chi connectivity index (χ4v) is 2.93. The molecule has 0 unspecified atom stereocenters. The Labute approximate surface area is 168 Å². The quantitative estimate of drug-likeness (QED) is 0.555. The SMILES string of the molecule is CC(C)(C)c1cnc(/C(F)=C\c2cnc(NC(=O)Nc3c(F)cccc3F)s2)o1. The molecule has 0 radical (unpaired) electrons. The van der Waals surface area contributed by atoms with E-state index in [-0.39, 0.29) is 16.4 Å². The molecular weight excluding hydrogens is 405 g/mol. The molecule has 0 atom stereocenters. The maximum atomic E-state index is 14.4. The molecule has 2 aromatic heterocycles. The van der Waals surface area contributed by atoms with Crippen LogP contribution in [-0.2, 0) is 5.41 Å². The molecule has 10 heteroatoms. The molecule has 2 N–H and O–H groups in total. The largest absolute Gasteiger partial charge is 0.439 e. The van der Waals surface area contributed by atoms with Crippen LogP contribution in [0.2, 0.25) is 0 Å². The zero-order chi connectivity index (χ0) is 21.2. The molecule has 0 spiro atoms. The highest BCUT2D eigenvalue weighted by Gasteiger charge is 2.21. The lowest BCUT2D eigenvalue weighted by atomic mass is 9.94. The van der Waals surface area contributed by atoms with Crippen LogP contribution in [0, 0.1) is 11.6 Å². The van der Waals surface area contributed by atoms with Gasteiger partial charge in [0.1, 0.15) is 23.1 Å². The summed E-state index contributed by atoms with van der Waals surface area (Å²) in [5.41, 5.74) is -0.885. The molecule has 0 aliphatic carbocycles. The summed E-state index contributed by atoms with van der Waals surface area (Å²) in [4.78, 5) is 20.2. The first-order valence-corrected chi connectivity index (χ1v) is 9.27. The summed E-state index contributed by atoms with van der Waals surface area (Å²) in [6, 6.07) is 2.32. The summed E-state index contributed by atoms with van der Waals surface area (Å²) in [6.45, 7) is 5.74. The molecule has 3 rings (SSSR count). The van der Waals surface area contributed by atoms with Crippen LogP contribution in [0.4, 0.5) is 28.8 Å². The maximum absolute atomic E-state index is 14.4. The van der Waals surface area contributed by atoms with E-state index in [1.807, 2.05) is 20.8 Å². The number of rotatable bonds is 4. The van der Waals surface area contributed by atoms with Crippen molar-refractivity contribution in [2.45, 2.75) is 26.2 Å². The van der Waals surface area contributed by atoms with Gasteiger partial charge in [-0.25, -0.2) is 27.9 Å². The number of nitrogens with one attached hydrogen (secondary N) is 2. The maximum Gasteiger partial charge on any atom is 0.325 e. The third kappa shape index (κ3) is 5.02. The third-order valence-corrected chi connectivity index (χ3v) is 4.52. The second kappa shape index (κ2) is 8.08. The van der Waals surface area contributed by atoms with Crippen molar-refractivity contribution in [2.75, 3.05) is 10.6 Å². The number of hydrogen-bond donors (Lipinski definition) is 2. The van der Waals surface area contributed by atoms with Gasteiger partial charge in [0.15, 0.2) is 11.0 Å². The number of hydrogen-bond acceptors (Lipinski definition) is 5. The first-order chi connectivity index (χ1) is 13.6. The number of thiazole rings is 1. The summed E-state index contributed by atoms with van der Waals surface area (Å²) in [5, 5.41) is 4.52. The Balaban J connectivity index is 1.68. The zero-order valence-corrected chi connectivity index (χ0v) is 16.5. The van der Waals surface area contributed by atoms with E-state index < -0.39 is 29.2 Å². The van der Waals surface area contributed by atoms with Crippen molar-refractivity contribution in [3.05, 3.63) is 58.8 Å². The van der Waals surface area contributed by atoms with Crippen molar-refractivity contribution < 1.29 is 22.4 Å². The number of benzene rings is 1. The van der Waals surface area contributed by atoms with Gasteiger partial charge in [0, 0.05) is 11.6 Å².